The van der Waals surface area contributed by atoms with Crippen molar-refractivity contribution < 1.29 is 19.0 Å². The molecule has 6 heteroatoms. The van der Waals surface area contributed by atoms with Crippen molar-refractivity contribution >= 4 is 17.5 Å². The Kier molecular flexibility index (Phi) is 6.36. The van der Waals surface area contributed by atoms with Crippen molar-refractivity contribution in [1.82, 2.24) is 5.32 Å². The molecule has 0 radical (unpaired) electrons. The molecule has 0 bridgehead atoms. The topological polar surface area (TPSA) is 56.8 Å². The van der Waals surface area contributed by atoms with Crippen LogP contribution >= 0.6 is 11.6 Å². The standard InChI is InChI=1S/C20H22ClNO4/c1-24-13-16-6-3-2-5-15(16)12-22-19(23)11-14-9-17(21)20-18(10-14)25-7-4-8-26-20/h2-3,5-6,9-10H,4,7-8,11-13H2,1H3,(H,22,23). The highest BCUT2D eigenvalue weighted by Crippen LogP contribution is 2.38. The van der Waals surface area contributed by atoms with Crippen LogP contribution in [-0.2, 0) is 29.1 Å². The van der Waals surface area contributed by atoms with Gasteiger partial charge >= 0.3 is 0 Å². The fourth-order valence-electron chi connectivity index (χ4n) is 2.85. The van der Waals surface area contributed by atoms with Crippen molar-refractivity contribution in [3.8, 4) is 11.5 Å². The zero-order chi connectivity index (χ0) is 18.4. The van der Waals surface area contributed by atoms with Crippen LogP contribution in [0.2, 0.25) is 5.02 Å². The van der Waals surface area contributed by atoms with Gasteiger partial charge in [0.15, 0.2) is 11.5 Å². The largest absolute Gasteiger partial charge is 0.489 e. The Morgan fingerprint density at radius 3 is 2.77 bits per heavy atom. The number of rotatable bonds is 6. The van der Waals surface area contributed by atoms with Crippen LogP contribution in [0.4, 0.5) is 0 Å². The van der Waals surface area contributed by atoms with Crippen LogP contribution in [0.15, 0.2) is 36.4 Å². The van der Waals surface area contributed by atoms with E-state index in [-0.39, 0.29) is 12.3 Å². The fraction of sp³-hybridized carbons (Fsp3) is 0.350. The summed E-state index contributed by atoms with van der Waals surface area (Å²) in [5.74, 6) is 1.08. The molecule has 0 unspecified atom stereocenters. The molecule has 138 valence electrons. The van der Waals surface area contributed by atoms with E-state index >= 15 is 0 Å². The first-order valence-electron chi connectivity index (χ1n) is 8.58. The van der Waals surface area contributed by atoms with Crippen LogP contribution < -0.4 is 14.8 Å². The summed E-state index contributed by atoms with van der Waals surface area (Å²) < 4.78 is 16.5. The number of amides is 1. The van der Waals surface area contributed by atoms with Gasteiger partial charge in [-0.05, 0) is 28.8 Å². The molecule has 1 N–H and O–H groups in total. The van der Waals surface area contributed by atoms with Crippen LogP contribution in [0.5, 0.6) is 11.5 Å². The van der Waals surface area contributed by atoms with Gasteiger partial charge in [-0.25, -0.2) is 0 Å². The predicted molar refractivity (Wildman–Crippen MR) is 99.8 cm³/mol. The van der Waals surface area contributed by atoms with E-state index in [9.17, 15) is 4.79 Å². The van der Waals surface area contributed by atoms with E-state index in [1.54, 1.807) is 13.2 Å². The van der Waals surface area contributed by atoms with Gasteiger partial charge in [-0.1, -0.05) is 35.9 Å². The van der Waals surface area contributed by atoms with Crippen LogP contribution in [-0.4, -0.2) is 26.2 Å². The number of hydrogen-bond acceptors (Lipinski definition) is 4. The average molecular weight is 376 g/mol. The molecule has 0 atom stereocenters. The normalized spacial score (nSPS) is 13.2. The van der Waals surface area contributed by atoms with Gasteiger partial charge in [0.1, 0.15) is 0 Å². The predicted octanol–water partition coefficient (Wildman–Crippen LogP) is 3.51. The quantitative estimate of drug-likeness (QED) is 0.839. The van der Waals surface area contributed by atoms with E-state index < -0.39 is 0 Å². The van der Waals surface area contributed by atoms with E-state index in [2.05, 4.69) is 5.32 Å². The molecule has 0 spiro atoms. The number of ether oxygens (including phenoxy) is 3. The van der Waals surface area contributed by atoms with Gasteiger partial charge in [0.05, 0.1) is 31.3 Å². The maximum Gasteiger partial charge on any atom is 0.224 e. The van der Waals surface area contributed by atoms with Crippen LogP contribution in [0.1, 0.15) is 23.1 Å². The maximum atomic E-state index is 12.3. The van der Waals surface area contributed by atoms with Crippen molar-refractivity contribution in [2.24, 2.45) is 0 Å². The van der Waals surface area contributed by atoms with E-state index in [1.807, 2.05) is 30.3 Å². The smallest absolute Gasteiger partial charge is 0.224 e. The molecule has 5 nitrogen and oxygen atoms in total. The van der Waals surface area contributed by atoms with Crippen molar-refractivity contribution in [2.75, 3.05) is 20.3 Å². The molecule has 1 heterocycles. The molecule has 3 rings (SSSR count). The second-order valence-electron chi connectivity index (χ2n) is 6.11. The Labute approximate surface area is 158 Å². The van der Waals surface area contributed by atoms with Gasteiger partial charge in [0.25, 0.3) is 0 Å². The number of hydrogen-bond donors (Lipinski definition) is 1. The molecule has 1 amide bonds. The van der Waals surface area contributed by atoms with Crippen molar-refractivity contribution in [3.63, 3.8) is 0 Å². The molecular formula is C20H22ClNO4. The minimum Gasteiger partial charge on any atom is -0.489 e. The lowest BCUT2D eigenvalue weighted by molar-refractivity contribution is -0.120. The third-order valence-corrected chi connectivity index (χ3v) is 4.40. The molecule has 0 fully saturated rings. The molecule has 2 aromatic carbocycles. The lowest BCUT2D eigenvalue weighted by Crippen LogP contribution is -2.25. The molecule has 1 aliphatic rings. The third kappa shape index (κ3) is 4.68. The molecule has 1 aliphatic heterocycles. The van der Waals surface area contributed by atoms with Gasteiger partial charge in [-0.2, -0.15) is 0 Å². The highest BCUT2D eigenvalue weighted by molar-refractivity contribution is 6.32. The van der Waals surface area contributed by atoms with Gasteiger partial charge in [-0.15, -0.1) is 0 Å². The number of carbonyl (C=O) groups excluding carboxylic acids is 1. The van der Waals surface area contributed by atoms with Crippen molar-refractivity contribution in [2.45, 2.75) is 26.0 Å². The molecule has 26 heavy (non-hydrogen) atoms. The Morgan fingerprint density at radius 1 is 1.19 bits per heavy atom. The summed E-state index contributed by atoms with van der Waals surface area (Å²) in [4.78, 5) is 12.3. The minimum atomic E-state index is -0.0808. The summed E-state index contributed by atoms with van der Waals surface area (Å²) in [7, 11) is 1.66. The highest BCUT2D eigenvalue weighted by atomic mass is 35.5. The number of carbonyl (C=O) groups is 1. The zero-order valence-electron chi connectivity index (χ0n) is 14.7. The average Bonchev–Trinajstić information content (AvgIpc) is 2.87. The molecule has 0 saturated carbocycles. The summed E-state index contributed by atoms with van der Waals surface area (Å²) in [6, 6.07) is 11.5. The van der Waals surface area contributed by atoms with E-state index in [0.29, 0.717) is 42.9 Å². The van der Waals surface area contributed by atoms with Crippen LogP contribution in [0.3, 0.4) is 0 Å². The number of benzene rings is 2. The summed E-state index contributed by atoms with van der Waals surface area (Å²) in [5.41, 5.74) is 2.90. The Morgan fingerprint density at radius 2 is 1.96 bits per heavy atom. The minimum absolute atomic E-state index is 0.0808. The number of nitrogens with one attached hydrogen (secondary N) is 1. The van der Waals surface area contributed by atoms with Gasteiger partial charge < -0.3 is 19.5 Å². The van der Waals surface area contributed by atoms with Crippen molar-refractivity contribution in [3.05, 3.63) is 58.1 Å². The van der Waals surface area contributed by atoms with E-state index in [0.717, 1.165) is 23.1 Å². The van der Waals surface area contributed by atoms with E-state index in [1.165, 1.54) is 0 Å². The third-order valence-electron chi connectivity index (χ3n) is 4.12. The van der Waals surface area contributed by atoms with E-state index in [4.69, 9.17) is 25.8 Å². The zero-order valence-corrected chi connectivity index (χ0v) is 15.5. The first kappa shape index (κ1) is 18.5. The number of halogens is 1. The first-order chi connectivity index (χ1) is 12.7. The molecule has 2 aromatic rings. The SMILES string of the molecule is COCc1ccccc1CNC(=O)Cc1cc(Cl)c2c(c1)OCCCO2. The number of methoxy groups -OCH3 is 1. The second-order valence-corrected chi connectivity index (χ2v) is 6.52. The molecule has 0 aliphatic carbocycles. The van der Waals surface area contributed by atoms with Gasteiger partial charge in [-0.3, -0.25) is 4.79 Å². The molecular weight excluding hydrogens is 354 g/mol. The summed E-state index contributed by atoms with van der Waals surface area (Å²) in [6.07, 6.45) is 1.03. The Hall–Kier alpha value is -2.24. The Bertz CT molecular complexity index is 778. The lowest BCUT2D eigenvalue weighted by Gasteiger charge is -2.12. The summed E-state index contributed by atoms with van der Waals surface area (Å²) in [5, 5.41) is 3.42. The summed E-state index contributed by atoms with van der Waals surface area (Å²) >= 11 is 6.28. The van der Waals surface area contributed by atoms with Gasteiger partial charge in [0, 0.05) is 20.1 Å². The lowest BCUT2D eigenvalue weighted by atomic mass is 10.1. The fourth-order valence-corrected chi connectivity index (χ4v) is 3.14. The molecule has 0 saturated heterocycles. The Balaban J connectivity index is 1.64. The van der Waals surface area contributed by atoms with Crippen molar-refractivity contribution in [1.29, 1.82) is 0 Å². The summed E-state index contributed by atoms with van der Waals surface area (Å²) in [6.45, 7) is 2.13. The molecule has 0 aromatic heterocycles. The number of fused-ring (bicyclic) bond motifs is 1. The maximum absolute atomic E-state index is 12.3. The first-order valence-corrected chi connectivity index (χ1v) is 8.95. The monoisotopic (exact) mass is 375 g/mol. The highest BCUT2D eigenvalue weighted by Gasteiger charge is 2.17. The second kappa shape index (κ2) is 8.92. The van der Waals surface area contributed by atoms with Crippen LogP contribution in [0, 0.1) is 0 Å². The van der Waals surface area contributed by atoms with Gasteiger partial charge in [0.2, 0.25) is 5.91 Å². The van der Waals surface area contributed by atoms with Crippen LogP contribution in [0.25, 0.3) is 0 Å².